The zero-order chi connectivity index (χ0) is 25.0. The van der Waals surface area contributed by atoms with E-state index in [0.717, 1.165) is 33.3 Å². The Morgan fingerprint density at radius 3 is 2.46 bits per heavy atom. The first-order valence-corrected chi connectivity index (χ1v) is 12.7. The highest BCUT2D eigenvalue weighted by Gasteiger charge is 2.28. The van der Waals surface area contributed by atoms with Crippen molar-refractivity contribution in [1.29, 1.82) is 0 Å². The number of carbonyl (C=O) groups is 1. The van der Waals surface area contributed by atoms with E-state index in [9.17, 15) is 17.6 Å². The van der Waals surface area contributed by atoms with Crippen molar-refractivity contribution >= 4 is 49.7 Å². The molecule has 1 amide bonds. The third-order valence-electron chi connectivity index (χ3n) is 4.82. The van der Waals surface area contributed by atoms with Crippen LogP contribution in [0.15, 0.2) is 77.7 Å². The van der Waals surface area contributed by atoms with E-state index in [4.69, 9.17) is 16.3 Å². The summed E-state index contributed by atoms with van der Waals surface area (Å²) in [5, 5.41) is 11.1. The normalized spacial score (nSPS) is 11.2. The number of sulfonamides is 1. The van der Waals surface area contributed by atoms with Gasteiger partial charge in [-0.2, -0.15) is 0 Å². The number of ether oxygens (including phenoxy) is 1. The van der Waals surface area contributed by atoms with Crippen molar-refractivity contribution in [3.8, 4) is 16.3 Å². The van der Waals surface area contributed by atoms with Crippen LogP contribution in [-0.2, 0) is 14.8 Å². The molecule has 0 bridgehead atoms. The summed E-state index contributed by atoms with van der Waals surface area (Å²) in [6, 6.07) is 18.2. The Morgan fingerprint density at radius 2 is 1.80 bits per heavy atom. The average Bonchev–Trinajstić information content (AvgIpc) is 3.33. The number of amides is 1. The molecule has 4 rings (SSSR count). The molecule has 8 nitrogen and oxygen atoms in total. The van der Waals surface area contributed by atoms with E-state index in [1.54, 1.807) is 49.6 Å². The maximum atomic E-state index is 13.7. The number of methoxy groups -OCH3 is 1. The molecule has 4 aromatic rings. The number of nitrogens with zero attached hydrogens (tertiary/aromatic N) is 3. The van der Waals surface area contributed by atoms with E-state index in [1.807, 2.05) is 0 Å². The van der Waals surface area contributed by atoms with Gasteiger partial charge < -0.3 is 4.74 Å². The highest BCUT2D eigenvalue weighted by atomic mass is 35.5. The van der Waals surface area contributed by atoms with Crippen LogP contribution in [0.3, 0.4) is 0 Å². The molecule has 12 heteroatoms. The molecule has 0 aliphatic carbocycles. The van der Waals surface area contributed by atoms with Gasteiger partial charge in [-0.25, -0.2) is 12.8 Å². The second kappa shape index (κ2) is 10.4. The summed E-state index contributed by atoms with van der Waals surface area (Å²) in [5.74, 6) is -0.688. The minimum atomic E-state index is -4.17. The fraction of sp³-hybridized carbons (Fsp3) is 0.0870. The van der Waals surface area contributed by atoms with Crippen molar-refractivity contribution in [2.45, 2.75) is 4.90 Å². The molecule has 0 spiro atoms. The Hall–Kier alpha value is -3.54. The fourth-order valence-electron chi connectivity index (χ4n) is 3.09. The van der Waals surface area contributed by atoms with Gasteiger partial charge in [0.05, 0.1) is 22.7 Å². The summed E-state index contributed by atoms with van der Waals surface area (Å²) in [6.07, 6.45) is 0. The number of halogens is 2. The number of hydrogen-bond acceptors (Lipinski definition) is 7. The van der Waals surface area contributed by atoms with E-state index in [2.05, 4.69) is 15.5 Å². The standard InChI is InChI=1S/C23H18ClFN4O4S2/c1-33-17-10-7-15(8-11-17)22-27-28-23(34-22)26-21(30)14-29(16-9-12-20(25)19(24)13-16)35(31,32)18-5-3-2-4-6-18/h2-13H,14H2,1H3,(H,26,28,30). The molecule has 35 heavy (non-hydrogen) atoms. The van der Waals surface area contributed by atoms with Gasteiger partial charge in [-0.1, -0.05) is 41.1 Å². The van der Waals surface area contributed by atoms with E-state index < -0.39 is 28.3 Å². The summed E-state index contributed by atoms with van der Waals surface area (Å²) in [5.41, 5.74) is 0.810. The number of rotatable bonds is 8. The molecule has 0 unspecified atom stereocenters. The molecule has 3 aromatic carbocycles. The lowest BCUT2D eigenvalue weighted by Crippen LogP contribution is -2.38. The van der Waals surface area contributed by atoms with Crippen molar-refractivity contribution in [2.75, 3.05) is 23.3 Å². The topological polar surface area (TPSA) is 101 Å². The van der Waals surface area contributed by atoms with Crippen LogP contribution < -0.4 is 14.4 Å². The van der Waals surface area contributed by atoms with E-state index in [-0.39, 0.29) is 20.7 Å². The Morgan fingerprint density at radius 1 is 1.09 bits per heavy atom. The molecule has 0 aliphatic rings. The summed E-state index contributed by atoms with van der Waals surface area (Å²) >= 11 is 7.00. The maximum Gasteiger partial charge on any atom is 0.264 e. The van der Waals surface area contributed by atoms with Crippen LogP contribution in [0.1, 0.15) is 0 Å². The minimum Gasteiger partial charge on any atom is -0.497 e. The quantitative estimate of drug-likeness (QED) is 0.348. The van der Waals surface area contributed by atoms with Gasteiger partial charge in [0.15, 0.2) is 0 Å². The largest absolute Gasteiger partial charge is 0.497 e. The first-order valence-electron chi connectivity index (χ1n) is 10.1. The lowest BCUT2D eigenvalue weighted by Gasteiger charge is -2.24. The van der Waals surface area contributed by atoms with Crippen LogP contribution in [0, 0.1) is 5.82 Å². The van der Waals surface area contributed by atoms with Gasteiger partial charge in [0, 0.05) is 5.56 Å². The summed E-state index contributed by atoms with van der Waals surface area (Å²) < 4.78 is 46.4. The zero-order valence-electron chi connectivity index (χ0n) is 18.2. The molecule has 1 aromatic heterocycles. The van der Waals surface area contributed by atoms with Gasteiger partial charge in [0.25, 0.3) is 10.0 Å². The molecule has 0 saturated heterocycles. The van der Waals surface area contributed by atoms with Crippen molar-refractivity contribution in [3.63, 3.8) is 0 Å². The molecule has 0 saturated carbocycles. The third kappa shape index (κ3) is 5.59. The van der Waals surface area contributed by atoms with Gasteiger partial charge in [0.1, 0.15) is 23.1 Å². The fourth-order valence-corrected chi connectivity index (χ4v) is 5.46. The van der Waals surface area contributed by atoms with Crippen LogP contribution in [0.5, 0.6) is 5.75 Å². The van der Waals surface area contributed by atoms with Crippen LogP contribution in [-0.4, -0.2) is 38.2 Å². The van der Waals surface area contributed by atoms with Gasteiger partial charge in [0.2, 0.25) is 11.0 Å². The molecular weight excluding hydrogens is 515 g/mol. The van der Waals surface area contributed by atoms with Gasteiger partial charge in [-0.05, 0) is 54.6 Å². The molecule has 180 valence electrons. The third-order valence-corrected chi connectivity index (χ3v) is 7.78. The van der Waals surface area contributed by atoms with Crippen molar-refractivity contribution in [1.82, 2.24) is 10.2 Å². The van der Waals surface area contributed by atoms with E-state index in [0.29, 0.717) is 10.8 Å². The van der Waals surface area contributed by atoms with Gasteiger partial charge in [-0.15, -0.1) is 10.2 Å². The molecule has 0 fully saturated rings. The van der Waals surface area contributed by atoms with Crippen LogP contribution in [0.2, 0.25) is 5.02 Å². The molecular formula is C23H18ClFN4O4S2. The van der Waals surface area contributed by atoms with Crippen molar-refractivity contribution in [2.24, 2.45) is 0 Å². The highest BCUT2D eigenvalue weighted by molar-refractivity contribution is 7.92. The number of benzene rings is 3. The smallest absolute Gasteiger partial charge is 0.264 e. The molecule has 1 N–H and O–H groups in total. The predicted molar refractivity (Wildman–Crippen MR) is 133 cm³/mol. The van der Waals surface area contributed by atoms with Gasteiger partial charge >= 0.3 is 0 Å². The number of anilines is 2. The van der Waals surface area contributed by atoms with Crippen LogP contribution in [0.25, 0.3) is 10.6 Å². The number of aromatic nitrogens is 2. The Labute approximate surface area is 210 Å². The second-order valence-electron chi connectivity index (χ2n) is 7.11. The first kappa shape index (κ1) is 24.6. The van der Waals surface area contributed by atoms with E-state index >= 15 is 0 Å². The number of carbonyl (C=O) groups excluding carboxylic acids is 1. The predicted octanol–water partition coefficient (Wildman–Crippen LogP) is 4.84. The monoisotopic (exact) mass is 532 g/mol. The average molecular weight is 533 g/mol. The van der Waals surface area contributed by atoms with Crippen molar-refractivity contribution in [3.05, 3.63) is 83.6 Å². The van der Waals surface area contributed by atoms with E-state index in [1.165, 1.54) is 18.2 Å². The van der Waals surface area contributed by atoms with Crippen molar-refractivity contribution < 1.29 is 22.3 Å². The molecule has 0 aliphatic heterocycles. The first-order chi connectivity index (χ1) is 16.8. The SMILES string of the molecule is COc1ccc(-c2nnc(NC(=O)CN(c3ccc(F)c(Cl)c3)S(=O)(=O)c3ccccc3)s2)cc1. The lowest BCUT2D eigenvalue weighted by atomic mass is 10.2. The molecule has 0 radical (unpaired) electrons. The van der Waals surface area contributed by atoms with Crippen LogP contribution in [0.4, 0.5) is 15.2 Å². The van der Waals surface area contributed by atoms with Crippen LogP contribution >= 0.6 is 22.9 Å². The molecule has 0 atom stereocenters. The minimum absolute atomic E-state index is 0.0339. The lowest BCUT2D eigenvalue weighted by molar-refractivity contribution is -0.114. The zero-order valence-corrected chi connectivity index (χ0v) is 20.6. The maximum absolute atomic E-state index is 13.7. The summed E-state index contributed by atoms with van der Waals surface area (Å²) in [4.78, 5) is 12.8. The Bertz CT molecular complexity index is 1450. The Kier molecular flexibility index (Phi) is 7.29. The van der Waals surface area contributed by atoms with Gasteiger partial charge in [-0.3, -0.25) is 14.4 Å². The number of nitrogens with one attached hydrogen (secondary N) is 1. The molecule has 1 heterocycles. The Balaban J connectivity index is 1.58. The highest BCUT2D eigenvalue weighted by Crippen LogP contribution is 2.29. The summed E-state index contributed by atoms with van der Waals surface area (Å²) in [7, 11) is -2.60. The summed E-state index contributed by atoms with van der Waals surface area (Å²) in [6.45, 7) is -0.601. The second-order valence-corrected chi connectivity index (χ2v) is 10.4. The number of hydrogen-bond donors (Lipinski definition) is 1.